The first-order chi connectivity index (χ1) is 6.65. The zero-order valence-electron chi connectivity index (χ0n) is 7.40. The zero-order chi connectivity index (χ0) is 10.6. The van der Waals surface area contributed by atoms with Gasteiger partial charge in [-0.05, 0) is 25.5 Å². The van der Waals surface area contributed by atoms with Gasteiger partial charge in [0.1, 0.15) is 0 Å². The van der Waals surface area contributed by atoms with Gasteiger partial charge in [-0.25, -0.2) is 0 Å². The Balaban J connectivity index is 2.96. The minimum absolute atomic E-state index is 0.0344. The van der Waals surface area contributed by atoms with E-state index in [1.165, 1.54) is 6.07 Å². The Kier molecular flexibility index (Phi) is 3.88. The van der Waals surface area contributed by atoms with Crippen LogP contribution in [0.4, 0.5) is 5.69 Å². The molecule has 0 fully saturated rings. The molecule has 0 aliphatic rings. The van der Waals surface area contributed by atoms with Gasteiger partial charge in [-0.15, -0.1) is 0 Å². The highest BCUT2D eigenvalue weighted by molar-refractivity contribution is 9.10. The fourth-order valence-electron chi connectivity index (χ4n) is 0.937. The molecule has 0 bridgehead atoms. The first kappa shape index (κ1) is 11.0. The molecule has 0 N–H and O–H groups in total. The lowest BCUT2D eigenvalue weighted by atomic mass is 10.3. The summed E-state index contributed by atoms with van der Waals surface area (Å²) in [4.78, 5) is 10.2. The van der Waals surface area contributed by atoms with Crippen molar-refractivity contribution in [2.75, 3.05) is 6.61 Å². The van der Waals surface area contributed by atoms with Gasteiger partial charge in [-0.1, -0.05) is 15.9 Å². The van der Waals surface area contributed by atoms with E-state index in [2.05, 4.69) is 22.9 Å². The van der Waals surface area contributed by atoms with Crippen LogP contribution >= 0.6 is 15.9 Å². The molecule has 0 atom stereocenters. The van der Waals surface area contributed by atoms with E-state index in [0.29, 0.717) is 17.5 Å². The van der Waals surface area contributed by atoms with E-state index in [4.69, 9.17) is 4.74 Å². The summed E-state index contributed by atoms with van der Waals surface area (Å²) in [6, 6.07) is 4.68. The molecule has 1 radical (unpaired) electrons. The van der Waals surface area contributed by atoms with Crippen LogP contribution in [-0.4, -0.2) is 11.5 Å². The molecule has 0 aliphatic heterocycles. The summed E-state index contributed by atoms with van der Waals surface area (Å²) in [6.07, 6.45) is 0.577. The van der Waals surface area contributed by atoms with Gasteiger partial charge in [-0.2, -0.15) is 0 Å². The van der Waals surface area contributed by atoms with E-state index in [-0.39, 0.29) is 11.4 Å². The number of rotatable bonds is 4. The molecule has 0 heterocycles. The Morgan fingerprint density at radius 3 is 2.86 bits per heavy atom. The van der Waals surface area contributed by atoms with Crippen LogP contribution < -0.4 is 4.74 Å². The zero-order valence-corrected chi connectivity index (χ0v) is 8.99. The summed E-state index contributed by atoms with van der Waals surface area (Å²) in [5, 5.41) is 10.6. The molecule has 1 aromatic rings. The summed E-state index contributed by atoms with van der Waals surface area (Å²) in [6.45, 7) is 3.97. The standard InChI is InChI=1S/C9H9BrNO3/c1-2-5-14-9-4-3-7(10)6-8(9)11(12)13/h3-4,6H,1-2,5H2. The maximum absolute atomic E-state index is 10.6. The molecule has 0 unspecified atom stereocenters. The van der Waals surface area contributed by atoms with Gasteiger partial charge in [0.25, 0.3) is 0 Å². The van der Waals surface area contributed by atoms with Gasteiger partial charge in [0.2, 0.25) is 0 Å². The quantitative estimate of drug-likeness (QED) is 0.617. The molecular weight excluding hydrogens is 250 g/mol. The molecule has 14 heavy (non-hydrogen) atoms. The Bertz CT molecular complexity index is 341. The van der Waals surface area contributed by atoms with E-state index in [1.54, 1.807) is 12.1 Å². The van der Waals surface area contributed by atoms with Crippen LogP contribution in [0.25, 0.3) is 0 Å². The molecule has 0 aliphatic carbocycles. The molecule has 0 amide bonds. The fraction of sp³-hybridized carbons (Fsp3) is 0.222. The Hall–Kier alpha value is -1.10. The van der Waals surface area contributed by atoms with E-state index in [1.807, 2.05) is 0 Å². The second-order valence-corrected chi connectivity index (χ2v) is 3.49. The van der Waals surface area contributed by atoms with Crippen molar-refractivity contribution >= 4 is 21.6 Å². The average molecular weight is 259 g/mol. The third-order valence-electron chi connectivity index (χ3n) is 1.52. The van der Waals surface area contributed by atoms with Crippen molar-refractivity contribution in [3.05, 3.63) is 39.7 Å². The number of hydrogen-bond acceptors (Lipinski definition) is 3. The lowest BCUT2D eigenvalue weighted by Crippen LogP contribution is -1.99. The number of hydrogen-bond donors (Lipinski definition) is 0. The van der Waals surface area contributed by atoms with Gasteiger partial charge in [0.15, 0.2) is 5.75 Å². The van der Waals surface area contributed by atoms with Gasteiger partial charge in [-0.3, -0.25) is 10.1 Å². The molecule has 75 valence electrons. The molecule has 0 saturated heterocycles. The highest BCUT2D eigenvalue weighted by Gasteiger charge is 2.14. The number of nitro benzene ring substituents is 1. The lowest BCUT2D eigenvalue weighted by molar-refractivity contribution is -0.385. The fourth-order valence-corrected chi connectivity index (χ4v) is 1.29. The monoisotopic (exact) mass is 258 g/mol. The van der Waals surface area contributed by atoms with Crippen LogP contribution in [0.1, 0.15) is 6.42 Å². The lowest BCUT2D eigenvalue weighted by Gasteiger charge is -2.04. The maximum atomic E-state index is 10.6. The van der Waals surface area contributed by atoms with Crippen molar-refractivity contribution in [2.45, 2.75) is 6.42 Å². The van der Waals surface area contributed by atoms with Crippen molar-refractivity contribution in [2.24, 2.45) is 0 Å². The van der Waals surface area contributed by atoms with Crippen molar-refractivity contribution in [1.82, 2.24) is 0 Å². The van der Waals surface area contributed by atoms with E-state index in [9.17, 15) is 10.1 Å². The molecule has 1 aromatic carbocycles. The second-order valence-electron chi connectivity index (χ2n) is 2.57. The van der Waals surface area contributed by atoms with E-state index in [0.717, 1.165) is 0 Å². The molecule has 1 rings (SSSR count). The molecule has 0 spiro atoms. The molecule has 4 nitrogen and oxygen atoms in total. The topological polar surface area (TPSA) is 52.4 Å². The van der Waals surface area contributed by atoms with Crippen molar-refractivity contribution in [3.8, 4) is 5.75 Å². The molecular formula is C9H9BrNO3. The first-order valence-electron chi connectivity index (χ1n) is 4.01. The summed E-state index contributed by atoms with van der Waals surface area (Å²) >= 11 is 3.16. The Morgan fingerprint density at radius 2 is 2.29 bits per heavy atom. The summed E-state index contributed by atoms with van der Waals surface area (Å²) in [5.74, 6) is 0.279. The summed E-state index contributed by atoms with van der Waals surface area (Å²) < 4.78 is 5.84. The molecule has 0 saturated carbocycles. The van der Waals surface area contributed by atoms with Gasteiger partial charge in [0.05, 0.1) is 11.5 Å². The smallest absolute Gasteiger partial charge is 0.312 e. The van der Waals surface area contributed by atoms with E-state index >= 15 is 0 Å². The summed E-state index contributed by atoms with van der Waals surface area (Å²) in [5.41, 5.74) is -0.0344. The van der Waals surface area contributed by atoms with Crippen molar-refractivity contribution < 1.29 is 9.66 Å². The van der Waals surface area contributed by atoms with Crippen LogP contribution in [0.5, 0.6) is 5.75 Å². The normalized spacial score (nSPS) is 9.86. The predicted octanol–water partition coefficient (Wildman–Crippen LogP) is 2.96. The second kappa shape index (κ2) is 4.95. The average Bonchev–Trinajstić information content (AvgIpc) is 2.15. The minimum Gasteiger partial charge on any atom is -0.487 e. The van der Waals surface area contributed by atoms with Gasteiger partial charge >= 0.3 is 5.69 Å². The Morgan fingerprint density at radius 1 is 1.57 bits per heavy atom. The third kappa shape index (κ3) is 2.70. The van der Waals surface area contributed by atoms with Crippen LogP contribution in [-0.2, 0) is 0 Å². The SMILES string of the molecule is [CH2]CCOc1ccc(Br)cc1[N+](=O)[O-]. The van der Waals surface area contributed by atoms with Gasteiger partial charge < -0.3 is 4.74 Å². The van der Waals surface area contributed by atoms with Crippen LogP contribution in [0.2, 0.25) is 0 Å². The first-order valence-corrected chi connectivity index (χ1v) is 4.80. The highest BCUT2D eigenvalue weighted by atomic mass is 79.9. The van der Waals surface area contributed by atoms with E-state index < -0.39 is 4.92 Å². The highest BCUT2D eigenvalue weighted by Crippen LogP contribution is 2.29. The minimum atomic E-state index is -0.469. The number of halogens is 1. The maximum Gasteiger partial charge on any atom is 0.312 e. The number of nitro groups is 1. The number of ether oxygens (including phenoxy) is 1. The largest absolute Gasteiger partial charge is 0.487 e. The number of benzene rings is 1. The molecule has 5 heteroatoms. The number of nitrogens with zero attached hydrogens (tertiary/aromatic N) is 1. The summed E-state index contributed by atoms with van der Waals surface area (Å²) in [7, 11) is 0. The molecule has 0 aromatic heterocycles. The predicted molar refractivity (Wildman–Crippen MR) is 56.3 cm³/mol. The third-order valence-corrected chi connectivity index (χ3v) is 2.01. The Labute approximate surface area is 90.2 Å². The van der Waals surface area contributed by atoms with Crippen LogP contribution in [0.3, 0.4) is 0 Å². The van der Waals surface area contributed by atoms with Crippen molar-refractivity contribution in [1.29, 1.82) is 0 Å². The van der Waals surface area contributed by atoms with Crippen LogP contribution in [0.15, 0.2) is 22.7 Å². The van der Waals surface area contributed by atoms with Gasteiger partial charge in [0, 0.05) is 10.5 Å². The van der Waals surface area contributed by atoms with Crippen LogP contribution in [0, 0.1) is 17.0 Å². The van der Waals surface area contributed by atoms with Crippen molar-refractivity contribution in [3.63, 3.8) is 0 Å².